The van der Waals surface area contributed by atoms with Crippen LogP contribution >= 0.6 is 0 Å². The standard InChI is InChI=1S/C13H15N5O/c1-18-5-4-12(17-18)15-11-6-8-2-3-13(19)16-10(8)7-9(11)14/h4-7H,2-3,14H2,1H3,(H,15,17)(H,16,19). The summed E-state index contributed by atoms with van der Waals surface area (Å²) in [5.41, 5.74) is 9.30. The van der Waals surface area contributed by atoms with Crippen LogP contribution in [0.15, 0.2) is 24.4 Å². The minimum Gasteiger partial charge on any atom is -0.397 e. The maximum Gasteiger partial charge on any atom is 0.224 e. The number of fused-ring (bicyclic) bond motifs is 1. The molecule has 6 heteroatoms. The molecule has 6 nitrogen and oxygen atoms in total. The third kappa shape index (κ3) is 2.24. The molecule has 2 aromatic rings. The van der Waals surface area contributed by atoms with E-state index >= 15 is 0 Å². The highest BCUT2D eigenvalue weighted by atomic mass is 16.1. The van der Waals surface area contributed by atoms with Gasteiger partial charge in [-0.05, 0) is 24.1 Å². The van der Waals surface area contributed by atoms with Gasteiger partial charge in [0, 0.05) is 31.4 Å². The third-order valence-corrected chi connectivity index (χ3v) is 3.15. The number of rotatable bonds is 2. The summed E-state index contributed by atoms with van der Waals surface area (Å²) in [6, 6.07) is 5.64. The van der Waals surface area contributed by atoms with Crippen molar-refractivity contribution in [3.63, 3.8) is 0 Å². The average molecular weight is 257 g/mol. The number of anilines is 4. The molecule has 0 fully saturated rings. The van der Waals surface area contributed by atoms with Crippen LogP contribution in [0.4, 0.5) is 22.9 Å². The molecule has 1 aliphatic rings. The number of nitrogens with two attached hydrogens (primary N) is 1. The molecule has 0 spiro atoms. The van der Waals surface area contributed by atoms with E-state index in [1.165, 1.54) is 0 Å². The highest BCUT2D eigenvalue weighted by Crippen LogP contribution is 2.32. The molecule has 0 radical (unpaired) electrons. The van der Waals surface area contributed by atoms with Gasteiger partial charge in [0.2, 0.25) is 5.91 Å². The third-order valence-electron chi connectivity index (χ3n) is 3.15. The summed E-state index contributed by atoms with van der Waals surface area (Å²) < 4.78 is 1.72. The summed E-state index contributed by atoms with van der Waals surface area (Å²) >= 11 is 0. The summed E-state index contributed by atoms with van der Waals surface area (Å²) in [4.78, 5) is 11.3. The van der Waals surface area contributed by atoms with Gasteiger partial charge in [-0.15, -0.1) is 0 Å². The van der Waals surface area contributed by atoms with Gasteiger partial charge >= 0.3 is 0 Å². The topological polar surface area (TPSA) is 85.0 Å². The van der Waals surface area contributed by atoms with Crippen molar-refractivity contribution in [1.29, 1.82) is 0 Å². The number of hydrogen-bond donors (Lipinski definition) is 3. The number of nitrogens with zero attached hydrogens (tertiary/aromatic N) is 2. The van der Waals surface area contributed by atoms with Gasteiger partial charge in [0.1, 0.15) is 0 Å². The molecular formula is C13H15N5O. The molecule has 1 aromatic carbocycles. The highest BCUT2D eigenvalue weighted by molar-refractivity contribution is 5.95. The zero-order valence-electron chi connectivity index (χ0n) is 10.6. The summed E-state index contributed by atoms with van der Waals surface area (Å²) in [6.45, 7) is 0. The number of carbonyl (C=O) groups excluding carboxylic acids is 1. The second kappa shape index (κ2) is 4.31. The number of aryl methyl sites for hydroxylation is 2. The molecule has 0 aliphatic carbocycles. The second-order valence-electron chi connectivity index (χ2n) is 4.64. The van der Waals surface area contributed by atoms with Gasteiger partial charge in [-0.25, -0.2) is 0 Å². The minimum absolute atomic E-state index is 0.0392. The molecule has 0 saturated heterocycles. The molecule has 1 aromatic heterocycles. The first kappa shape index (κ1) is 11.6. The molecule has 0 atom stereocenters. The van der Waals surface area contributed by atoms with Crippen LogP contribution in [0.2, 0.25) is 0 Å². The second-order valence-corrected chi connectivity index (χ2v) is 4.64. The Morgan fingerprint density at radius 2 is 2.26 bits per heavy atom. The van der Waals surface area contributed by atoms with Gasteiger partial charge in [0.25, 0.3) is 0 Å². The van der Waals surface area contributed by atoms with Crippen molar-refractivity contribution in [2.75, 3.05) is 16.4 Å². The van der Waals surface area contributed by atoms with Crippen LogP contribution in [-0.4, -0.2) is 15.7 Å². The lowest BCUT2D eigenvalue weighted by Gasteiger charge is -2.19. The number of benzene rings is 1. The SMILES string of the molecule is Cn1ccc(Nc2cc3c(cc2N)NC(=O)CC3)n1. The Hall–Kier alpha value is -2.50. The molecule has 3 rings (SSSR count). The average Bonchev–Trinajstić information content (AvgIpc) is 2.76. The van der Waals surface area contributed by atoms with Gasteiger partial charge in [-0.2, -0.15) is 5.10 Å². The van der Waals surface area contributed by atoms with Gasteiger partial charge in [-0.3, -0.25) is 9.48 Å². The Kier molecular flexibility index (Phi) is 2.63. The fourth-order valence-corrected chi connectivity index (χ4v) is 2.17. The number of carbonyl (C=O) groups is 1. The van der Waals surface area contributed by atoms with Crippen molar-refractivity contribution >= 4 is 28.8 Å². The van der Waals surface area contributed by atoms with Crippen LogP contribution in [0.3, 0.4) is 0 Å². The summed E-state index contributed by atoms with van der Waals surface area (Å²) in [5.74, 6) is 0.784. The van der Waals surface area contributed by atoms with Crippen molar-refractivity contribution in [2.45, 2.75) is 12.8 Å². The van der Waals surface area contributed by atoms with E-state index in [4.69, 9.17) is 5.73 Å². The van der Waals surface area contributed by atoms with Crippen LogP contribution in [0.5, 0.6) is 0 Å². The van der Waals surface area contributed by atoms with E-state index < -0.39 is 0 Å². The van der Waals surface area contributed by atoms with Crippen molar-refractivity contribution < 1.29 is 4.79 Å². The van der Waals surface area contributed by atoms with Crippen LogP contribution < -0.4 is 16.4 Å². The number of amides is 1. The number of nitrogen functional groups attached to an aromatic ring is 1. The molecule has 2 heterocycles. The summed E-state index contributed by atoms with van der Waals surface area (Å²) in [6.07, 6.45) is 3.11. The molecule has 1 amide bonds. The molecule has 0 bridgehead atoms. The predicted molar refractivity (Wildman–Crippen MR) is 74.3 cm³/mol. The van der Waals surface area contributed by atoms with E-state index in [2.05, 4.69) is 15.7 Å². The molecule has 1 aliphatic heterocycles. The first-order valence-corrected chi connectivity index (χ1v) is 6.11. The molecule has 0 saturated carbocycles. The summed E-state index contributed by atoms with van der Waals surface area (Å²) in [5, 5.41) is 10.3. The van der Waals surface area contributed by atoms with Crippen LogP contribution in [0, 0.1) is 0 Å². The monoisotopic (exact) mass is 257 g/mol. The first-order chi connectivity index (χ1) is 9.11. The van der Waals surface area contributed by atoms with E-state index in [9.17, 15) is 4.79 Å². The molecule has 98 valence electrons. The van der Waals surface area contributed by atoms with Gasteiger partial charge in [-0.1, -0.05) is 0 Å². The van der Waals surface area contributed by atoms with Gasteiger partial charge < -0.3 is 16.4 Å². The van der Waals surface area contributed by atoms with Crippen molar-refractivity contribution in [2.24, 2.45) is 7.05 Å². The molecular weight excluding hydrogens is 242 g/mol. The lowest BCUT2D eigenvalue weighted by Crippen LogP contribution is -2.19. The minimum atomic E-state index is 0.0392. The quantitative estimate of drug-likeness (QED) is 0.714. The predicted octanol–water partition coefficient (Wildman–Crippen LogP) is 1.63. The van der Waals surface area contributed by atoms with Crippen LogP contribution in [0.1, 0.15) is 12.0 Å². The van der Waals surface area contributed by atoms with Gasteiger partial charge in [0.15, 0.2) is 5.82 Å². The smallest absolute Gasteiger partial charge is 0.224 e. The Labute approximate surface area is 110 Å². The molecule has 0 unspecified atom stereocenters. The van der Waals surface area contributed by atoms with Crippen LogP contribution in [0.25, 0.3) is 0 Å². The normalized spacial score (nSPS) is 13.8. The lowest BCUT2D eigenvalue weighted by atomic mass is 10.0. The van der Waals surface area contributed by atoms with E-state index in [1.807, 2.05) is 25.4 Å². The zero-order valence-corrected chi connectivity index (χ0v) is 10.6. The number of aromatic nitrogens is 2. The van der Waals surface area contributed by atoms with Gasteiger partial charge in [0.05, 0.1) is 11.4 Å². The largest absolute Gasteiger partial charge is 0.397 e. The Morgan fingerprint density at radius 3 is 3.00 bits per heavy atom. The maximum atomic E-state index is 11.3. The number of hydrogen-bond acceptors (Lipinski definition) is 4. The van der Waals surface area contributed by atoms with E-state index in [0.717, 1.165) is 29.2 Å². The Morgan fingerprint density at radius 1 is 1.42 bits per heavy atom. The van der Waals surface area contributed by atoms with E-state index in [0.29, 0.717) is 12.1 Å². The fraction of sp³-hybridized carbons (Fsp3) is 0.231. The molecule has 4 N–H and O–H groups in total. The first-order valence-electron chi connectivity index (χ1n) is 6.11. The van der Waals surface area contributed by atoms with E-state index in [-0.39, 0.29) is 5.91 Å². The zero-order chi connectivity index (χ0) is 13.4. The Balaban J connectivity index is 1.92. The van der Waals surface area contributed by atoms with Crippen molar-refractivity contribution in [3.8, 4) is 0 Å². The van der Waals surface area contributed by atoms with Crippen molar-refractivity contribution in [1.82, 2.24) is 9.78 Å². The molecule has 19 heavy (non-hydrogen) atoms. The van der Waals surface area contributed by atoms with E-state index in [1.54, 1.807) is 10.7 Å². The Bertz CT molecular complexity index is 646. The maximum absolute atomic E-state index is 11.3. The summed E-state index contributed by atoms with van der Waals surface area (Å²) in [7, 11) is 1.86. The fourth-order valence-electron chi connectivity index (χ4n) is 2.17. The lowest BCUT2D eigenvalue weighted by molar-refractivity contribution is -0.116. The van der Waals surface area contributed by atoms with Crippen LogP contribution in [-0.2, 0) is 18.3 Å². The van der Waals surface area contributed by atoms with Crippen molar-refractivity contribution in [3.05, 3.63) is 30.0 Å². The number of nitrogens with one attached hydrogen (secondary N) is 2. The highest BCUT2D eigenvalue weighted by Gasteiger charge is 2.16.